The molecule has 0 aromatic heterocycles. The fourth-order valence-electron chi connectivity index (χ4n) is 1.79. The molecule has 0 unspecified atom stereocenters. The maximum Gasteiger partial charge on any atom is 0.461 e. The molecule has 0 N–H and O–H groups in total. The molecule has 0 spiro atoms. The number of nitrogens with zero attached hydrogens (tertiary/aromatic N) is 4. The van der Waals surface area contributed by atoms with Crippen molar-refractivity contribution in [3.05, 3.63) is 67.7 Å². The minimum absolute atomic E-state index is 0.0301. The van der Waals surface area contributed by atoms with Crippen LogP contribution in [0.1, 0.15) is 0 Å². The first-order valence-corrected chi connectivity index (χ1v) is 8.99. The number of fused-ring (bicyclic) bond motifs is 1. The fraction of sp³-hybridized carbons (Fsp3) is 0. The molecule has 0 bridgehead atoms. The second kappa shape index (κ2) is 6.32. The van der Waals surface area contributed by atoms with E-state index in [0.29, 0.717) is 0 Å². The number of rotatable bonds is 1. The summed E-state index contributed by atoms with van der Waals surface area (Å²) in [6, 6.07) is 11.0. The Morgan fingerprint density at radius 2 is 1.38 bits per heavy atom. The molecule has 0 saturated carbocycles. The molecule has 1 heterocycles. The summed E-state index contributed by atoms with van der Waals surface area (Å²) >= 11 is 0. The molecular weight excluding hydrogens is 360 g/mol. The van der Waals surface area contributed by atoms with Crippen LogP contribution in [-0.4, -0.2) is 21.8 Å². The van der Waals surface area contributed by atoms with Gasteiger partial charge in [0.05, 0.1) is 14.7 Å². The number of para-hydroxylation sites is 1. The van der Waals surface area contributed by atoms with Gasteiger partial charge in [0, 0.05) is 12.1 Å². The lowest BCUT2D eigenvalue weighted by Crippen LogP contribution is -1.92. The number of nitro groups is 1. The average molecular weight is 368 g/mol. The smallest absolute Gasteiger partial charge is 0.428 e. The molecule has 24 heavy (non-hydrogen) atoms. The number of sulfonamides is 2. The Labute approximate surface area is 136 Å². The summed E-state index contributed by atoms with van der Waals surface area (Å²) in [5, 5.41) is 18.5. The van der Waals surface area contributed by atoms with E-state index in [1.807, 2.05) is 0 Å². The number of hydrogen-bond acceptors (Lipinski definition) is 7. The first kappa shape index (κ1) is 17.5. The standard InChI is InChI=1S/C6H4N3O2.C6H4NO4S2/c7-8-5-3-1-2-4-6(5)9(10)11;8-12(9)5-3-1-2-4-6(5)13(10,11)7-12/h1-4H;1-4H/q+1;-1. The molecule has 0 saturated heterocycles. The lowest BCUT2D eigenvalue weighted by atomic mass is 10.3. The van der Waals surface area contributed by atoms with E-state index in [0.717, 1.165) is 0 Å². The van der Waals surface area contributed by atoms with E-state index in [-0.39, 0.29) is 21.2 Å². The zero-order valence-corrected chi connectivity index (χ0v) is 13.3. The highest BCUT2D eigenvalue weighted by Gasteiger charge is 2.26. The average Bonchev–Trinajstić information content (AvgIpc) is 2.73. The summed E-state index contributed by atoms with van der Waals surface area (Å²) < 4.78 is 47.3. The Morgan fingerprint density at radius 3 is 1.79 bits per heavy atom. The van der Waals surface area contributed by atoms with Crippen LogP contribution in [0.4, 0.5) is 11.4 Å². The highest BCUT2D eigenvalue weighted by atomic mass is 32.3. The molecule has 3 rings (SSSR count). The monoisotopic (exact) mass is 368 g/mol. The summed E-state index contributed by atoms with van der Waals surface area (Å²) in [7, 11) is -7.95. The SMILES string of the molecule is N#[N+]c1ccccc1[N+](=O)[O-].O=S1(=O)[N-]S(=O)(=O)c2ccccc21. The number of diazo groups is 1. The lowest BCUT2D eigenvalue weighted by Gasteiger charge is -2.05. The molecule has 0 aliphatic carbocycles. The minimum Gasteiger partial charge on any atom is -0.428 e. The predicted molar refractivity (Wildman–Crippen MR) is 82.0 cm³/mol. The maximum absolute atomic E-state index is 11.1. The van der Waals surface area contributed by atoms with Crippen molar-refractivity contribution in [2.75, 3.05) is 0 Å². The molecule has 10 nitrogen and oxygen atoms in total. The van der Waals surface area contributed by atoms with Gasteiger partial charge in [0.2, 0.25) is 5.39 Å². The number of benzene rings is 2. The van der Waals surface area contributed by atoms with Crippen LogP contribution in [0.2, 0.25) is 0 Å². The first-order valence-electron chi connectivity index (χ1n) is 6.11. The van der Waals surface area contributed by atoms with Crippen molar-refractivity contribution in [3.63, 3.8) is 0 Å². The Hall–Kier alpha value is -2.88. The van der Waals surface area contributed by atoms with Gasteiger partial charge in [-0.2, -0.15) is 0 Å². The molecule has 1 aliphatic heterocycles. The highest BCUT2D eigenvalue weighted by molar-refractivity contribution is 8.14. The maximum atomic E-state index is 11.1. The van der Waals surface area contributed by atoms with Crippen LogP contribution in [0, 0.1) is 15.5 Å². The third-order valence-electron chi connectivity index (χ3n) is 2.79. The Kier molecular flexibility index (Phi) is 4.60. The van der Waals surface area contributed by atoms with Crippen LogP contribution >= 0.6 is 0 Å². The van der Waals surface area contributed by atoms with E-state index in [4.69, 9.17) is 5.39 Å². The van der Waals surface area contributed by atoms with Crippen LogP contribution in [0.3, 0.4) is 0 Å². The predicted octanol–water partition coefficient (Wildman–Crippen LogP) is 2.53. The van der Waals surface area contributed by atoms with Gasteiger partial charge >= 0.3 is 11.4 Å². The molecule has 124 valence electrons. The van der Waals surface area contributed by atoms with Gasteiger partial charge in [-0.25, -0.2) is 16.8 Å². The fourth-order valence-corrected chi connectivity index (χ4v) is 5.24. The zero-order valence-electron chi connectivity index (χ0n) is 11.7. The van der Waals surface area contributed by atoms with Crippen molar-refractivity contribution in [1.82, 2.24) is 0 Å². The summed E-state index contributed by atoms with van der Waals surface area (Å²) in [5.74, 6) is 0. The van der Waals surface area contributed by atoms with Gasteiger partial charge in [0.15, 0.2) is 4.98 Å². The van der Waals surface area contributed by atoms with Crippen molar-refractivity contribution >= 4 is 31.4 Å². The van der Waals surface area contributed by atoms with Gasteiger partial charge in [0.25, 0.3) is 0 Å². The highest BCUT2D eigenvalue weighted by Crippen LogP contribution is 2.37. The van der Waals surface area contributed by atoms with E-state index >= 15 is 0 Å². The normalized spacial score (nSPS) is 16.1. The first-order chi connectivity index (χ1) is 11.2. The number of nitro benzene ring substituents is 1. The summed E-state index contributed by atoms with van der Waals surface area (Å²) in [6.07, 6.45) is 0. The molecular formula is C12H8N4O6S2. The summed E-state index contributed by atoms with van der Waals surface area (Å²) in [6.45, 7) is 0. The van der Waals surface area contributed by atoms with Crippen molar-refractivity contribution in [3.8, 4) is 0 Å². The van der Waals surface area contributed by atoms with Crippen molar-refractivity contribution in [1.29, 1.82) is 5.39 Å². The van der Waals surface area contributed by atoms with Crippen LogP contribution < -0.4 is 0 Å². The molecule has 2 aromatic rings. The van der Waals surface area contributed by atoms with Crippen LogP contribution in [0.5, 0.6) is 0 Å². The lowest BCUT2D eigenvalue weighted by molar-refractivity contribution is -0.383. The molecule has 0 fully saturated rings. The minimum atomic E-state index is -3.98. The molecule has 2 aromatic carbocycles. The molecule has 12 heteroatoms. The third kappa shape index (κ3) is 3.38. The van der Waals surface area contributed by atoms with Gasteiger partial charge in [-0.05, 0) is 12.1 Å². The quantitative estimate of drug-likeness (QED) is 0.425. The van der Waals surface area contributed by atoms with E-state index in [9.17, 15) is 26.9 Å². The Balaban J connectivity index is 0.000000177. The molecule has 0 radical (unpaired) electrons. The molecule has 1 aliphatic rings. The van der Waals surface area contributed by atoms with E-state index in [2.05, 4.69) is 9.10 Å². The zero-order chi connectivity index (χ0) is 18.0. The van der Waals surface area contributed by atoms with Gasteiger partial charge < -0.3 is 4.13 Å². The Bertz CT molecular complexity index is 1010. The van der Waals surface area contributed by atoms with Crippen LogP contribution in [0.25, 0.3) is 9.10 Å². The Morgan fingerprint density at radius 1 is 0.917 bits per heavy atom. The third-order valence-corrected chi connectivity index (χ3v) is 6.31. The molecule has 0 amide bonds. The van der Waals surface area contributed by atoms with Gasteiger partial charge in [0.1, 0.15) is 20.0 Å². The van der Waals surface area contributed by atoms with Gasteiger partial charge in [-0.3, -0.25) is 10.1 Å². The van der Waals surface area contributed by atoms with Gasteiger partial charge in [-0.1, -0.05) is 24.3 Å². The molecule has 0 atom stereocenters. The van der Waals surface area contributed by atoms with Crippen molar-refractivity contribution in [2.24, 2.45) is 0 Å². The topological polar surface area (TPSA) is 154 Å². The number of hydrogen-bond donors (Lipinski definition) is 0. The summed E-state index contributed by atoms with van der Waals surface area (Å²) in [4.78, 5) is 11.9. The van der Waals surface area contributed by atoms with Gasteiger partial charge in [-0.15, -0.1) is 0 Å². The van der Waals surface area contributed by atoms with Crippen molar-refractivity contribution < 1.29 is 21.8 Å². The van der Waals surface area contributed by atoms with E-state index < -0.39 is 25.0 Å². The van der Waals surface area contributed by atoms with E-state index in [1.54, 1.807) is 6.07 Å². The van der Waals surface area contributed by atoms with Crippen LogP contribution in [-0.2, 0) is 20.0 Å². The van der Waals surface area contributed by atoms with Crippen molar-refractivity contribution in [2.45, 2.75) is 9.79 Å². The van der Waals surface area contributed by atoms with Crippen LogP contribution in [0.15, 0.2) is 58.3 Å². The second-order valence-corrected chi connectivity index (χ2v) is 7.69. The summed E-state index contributed by atoms with van der Waals surface area (Å²) in [5.41, 5.74) is -0.229. The second-order valence-electron chi connectivity index (χ2n) is 4.32. The largest absolute Gasteiger partial charge is 0.461 e. The van der Waals surface area contributed by atoms with E-state index in [1.165, 1.54) is 42.5 Å².